The van der Waals surface area contributed by atoms with Gasteiger partial charge < -0.3 is 4.74 Å². The van der Waals surface area contributed by atoms with Crippen LogP contribution in [0.3, 0.4) is 0 Å². The quantitative estimate of drug-likeness (QED) is 0.524. The van der Waals surface area contributed by atoms with Gasteiger partial charge in [0.15, 0.2) is 0 Å². The van der Waals surface area contributed by atoms with Gasteiger partial charge in [0.25, 0.3) is 0 Å². The minimum absolute atomic E-state index is 0.255. The van der Waals surface area contributed by atoms with Crippen molar-refractivity contribution in [1.29, 1.82) is 0 Å². The summed E-state index contributed by atoms with van der Waals surface area (Å²) in [7, 11) is 0. The molecule has 3 rings (SSSR count). The molecule has 60 valence electrons. The van der Waals surface area contributed by atoms with Gasteiger partial charge in [0.1, 0.15) is 6.10 Å². The van der Waals surface area contributed by atoms with Crippen LogP contribution in [0.4, 0.5) is 0 Å². The predicted molar refractivity (Wildman–Crippen MR) is 47.7 cm³/mol. The Bertz CT molecular complexity index is 342. The number of hydrogen-bond acceptors (Lipinski definition) is 1. The third kappa shape index (κ3) is 0.718. The fraction of sp³-hybridized carbons (Fsp3) is 0.273. The molecule has 0 radical (unpaired) electrons. The van der Waals surface area contributed by atoms with Crippen molar-refractivity contribution in [2.24, 2.45) is 0 Å². The van der Waals surface area contributed by atoms with Crippen molar-refractivity contribution in [2.45, 2.75) is 12.5 Å². The van der Waals surface area contributed by atoms with E-state index in [1.165, 1.54) is 16.7 Å². The van der Waals surface area contributed by atoms with Crippen molar-refractivity contribution in [2.75, 3.05) is 6.61 Å². The van der Waals surface area contributed by atoms with E-state index in [9.17, 15) is 0 Å². The van der Waals surface area contributed by atoms with Crippen molar-refractivity contribution >= 4 is 0 Å². The summed E-state index contributed by atoms with van der Waals surface area (Å²) in [6.07, 6.45) is 12.2. The fourth-order valence-electron chi connectivity index (χ4n) is 2.07. The van der Waals surface area contributed by atoms with E-state index in [0.29, 0.717) is 0 Å². The van der Waals surface area contributed by atoms with Crippen LogP contribution in [0.25, 0.3) is 0 Å². The van der Waals surface area contributed by atoms with E-state index in [0.717, 1.165) is 13.0 Å². The molecule has 0 fully saturated rings. The lowest BCUT2D eigenvalue weighted by atomic mass is 9.87. The molecule has 1 unspecified atom stereocenters. The molecule has 12 heavy (non-hydrogen) atoms. The van der Waals surface area contributed by atoms with Crippen LogP contribution in [0.2, 0.25) is 0 Å². The highest BCUT2D eigenvalue weighted by Gasteiger charge is 2.28. The SMILES string of the molecule is C1=CC2OCC3=C2C(=C1)CC=C3. The van der Waals surface area contributed by atoms with Crippen molar-refractivity contribution < 1.29 is 4.74 Å². The van der Waals surface area contributed by atoms with Crippen molar-refractivity contribution in [3.05, 3.63) is 47.1 Å². The standard InChI is InChI=1S/C11H10O/c1-3-8-4-2-6-10-11(8)9(5-1)7-12-10/h1-2,4-6,10H,3,7H2. The van der Waals surface area contributed by atoms with E-state index in [4.69, 9.17) is 4.74 Å². The molecule has 1 heteroatoms. The molecule has 0 N–H and O–H groups in total. The molecular formula is C11H10O. The lowest BCUT2D eigenvalue weighted by Crippen LogP contribution is -2.11. The maximum Gasteiger partial charge on any atom is 0.102 e. The molecule has 0 saturated carbocycles. The normalized spacial score (nSPS) is 30.7. The van der Waals surface area contributed by atoms with Gasteiger partial charge in [0.05, 0.1) is 6.61 Å². The average Bonchev–Trinajstić information content (AvgIpc) is 2.52. The van der Waals surface area contributed by atoms with Crippen molar-refractivity contribution in [3.63, 3.8) is 0 Å². The summed E-state index contributed by atoms with van der Waals surface area (Å²) in [4.78, 5) is 0. The summed E-state index contributed by atoms with van der Waals surface area (Å²) in [6, 6.07) is 0. The molecule has 1 heterocycles. The second kappa shape index (κ2) is 2.20. The van der Waals surface area contributed by atoms with Crippen LogP contribution < -0.4 is 0 Å². The monoisotopic (exact) mass is 158 g/mol. The van der Waals surface area contributed by atoms with E-state index in [2.05, 4.69) is 30.4 Å². The average molecular weight is 158 g/mol. The van der Waals surface area contributed by atoms with E-state index in [-0.39, 0.29) is 6.10 Å². The molecule has 1 nitrogen and oxygen atoms in total. The lowest BCUT2D eigenvalue weighted by molar-refractivity contribution is 0.154. The molecule has 3 aliphatic rings. The highest BCUT2D eigenvalue weighted by molar-refractivity contribution is 5.54. The zero-order chi connectivity index (χ0) is 7.97. The van der Waals surface area contributed by atoms with Crippen LogP contribution in [0.5, 0.6) is 0 Å². The first-order valence-electron chi connectivity index (χ1n) is 4.34. The summed E-state index contributed by atoms with van der Waals surface area (Å²) in [5.41, 5.74) is 4.25. The Morgan fingerprint density at radius 3 is 3.42 bits per heavy atom. The predicted octanol–water partition coefficient (Wildman–Crippen LogP) is 2.14. The Morgan fingerprint density at radius 1 is 1.42 bits per heavy atom. The number of rotatable bonds is 0. The molecule has 2 aliphatic carbocycles. The molecule has 0 bridgehead atoms. The largest absolute Gasteiger partial charge is 0.365 e. The molecule has 0 aromatic heterocycles. The fourth-order valence-corrected chi connectivity index (χ4v) is 2.07. The summed E-state index contributed by atoms with van der Waals surface area (Å²) < 4.78 is 5.62. The lowest BCUT2D eigenvalue weighted by Gasteiger charge is -2.18. The first-order chi connectivity index (χ1) is 5.95. The van der Waals surface area contributed by atoms with Crippen LogP contribution in [-0.4, -0.2) is 12.7 Å². The summed E-state index contributed by atoms with van der Waals surface area (Å²) in [5, 5.41) is 0. The van der Waals surface area contributed by atoms with Crippen molar-refractivity contribution in [3.8, 4) is 0 Å². The zero-order valence-electron chi connectivity index (χ0n) is 6.79. The third-order valence-corrected chi connectivity index (χ3v) is 2.63. The number of ether oxygens (including phenoxy) is 1. The number of hydrogen-bond donors (Lipinski definition) is 0. The Morgan fingerprint density at radius 2 is 2.42 bits per heavy atom. The second-order valence-electron chi connectivity index (χ2n) is 3.35. The highest BCUT2D eigenvalue weighted by Crippen LogP contribution is 2.36. The Labute approximate surface area is 71.7 Å². The van der Waals surface area contributed by atoms with Crippen molar-refractivity contribution in [1.82, 2.24) is 0 Å². The topological polar surface area (TPSA) is 9.23 Å². The van der Waals surface area contributed by atoms with E-state index < -0.39 is 0 Å². The van der Waals surface area contributed by atoms with Gasteiger partial charge in [0.2, 0.25) is 0 Å². The van der Waals surface area contributed by atoms with Gasteiger partial charge in [-0.1, -0.05) is 30.4 Å². The maximum absolute atomic E-state index is 5.62. The zero-order valence-corrected chi connectivity index (χ0v) is 6.79. The van der Waals surface area contributed by atoms with Gasteiger partial charge in [-0.25, -0.2) is 0 Å². The van der Waals surface area contributed by atoms with Gasteiger partial charge in [0, 0.05) is 0 Å². The molecule has 0 saturated heterocycles. The first-order valence-corrected chi connectivity index (χ1v) is 4.34. The molecule has 1 aliphatic heterocycles. The van der Waals surface area contributed by atoms with Gasteiger partial charge in [-0.2, -0.15) is 0 Å². The minimum Gasteiger partial charge on any atom is -0.365 e. The Balaban J connectivity index is 2.19. The first kappa shape index (κ1) is 6.44. The molecular weight excluding hydrogens is 148 g/mol. The van der Waals surface area contributed by atoms with Crippen LogP contribution in [0.15, 0.2) is 47.1 Å². The van der Waals surface area contributed by atoms with Gasteiger partial charge >= 0.3 is 0 Å². The minimum atomic E-state index is 0.255. The smallest absolute Gasteiger partial charge is 0.102 e. The van der Waals surface area contributed by atoms with Crippen LogP contribution in [-0.2, 0) is 4.74 Å². The van der Waals surface area contributed by atoms with Gasteiger partial charge in [-0.3, -0.25) is 0 Å². The highest BCUT2D eigenvalue weighted by atomic mass is 16.5. The molecule has 0 aromatic rings. The third-order valence-electron chi connectivity index (χ3n) is 2.63. The van der Waals surface area contributed by atoms with E-state index in [1.54, 1.807) is 0 Å². The Hall–Kier alpha value is -1.08. The van der Waals surface area contributed by atoms with E-state index in [1.807, 2.05) is 0 Å². The van der Waals surface area contributed by atoms with E-state index >= 15 is 0 Å². The number of allylic oxidation sites excluding steroid dienone is 3. The van der Waals surface area contributed by atoms with Crippen LogP contribution >= 0.6 is 0 Å². The molecule has 0 spiro atoms. The molecule has 1 atom stereocenters. The molecule has 0 amide bonds. The van der Waals surface area contributed by atoms with Crippen LogP contribution in [0.1, 0.15) is 6.42 Å². The summed E-state index contributed by atoms with van der Waals surface area (Å²) >= 11 is 0. The maximum atomic E-state index is 5.62. The van der Waals surface area contributed by atoms with Gasteiger partial charge in [-0.15, -0.1) is 0 Å². The van der Waals surface area contributed by atoms with Crippen LogP contribution in [0, 0.1) is 0 Å². The Kier molecular flexibility index (Phi) is 1.18. The van der Waals surface area contributed by atoms with Gasteiger partial charge in [-0.05, 0) is 23.1 Å². The molecule has 0 aromatic carbocycles. The second-order valence-corrected chi connectivity index (χ2v) is 3.35. The summed E-state index contributed by atoms with van der Waals surface area (Å²) in [5.74, 6) is 0. The summed E-state index contributed by atoms with van der Waals surface area (Å²) in [6.45, 7) is 0.790.